The van der Waals surface area contributed by atoms with Gasteiger partial charge in [-0.3, -0.25) is 4.84 Å². The predicted molar refractivity (Wildman–Crippen MR) is 34.6 cm³/mol. The molecule has 0 unspecified atom stereocenters. The molecule has 0 heterocycles. The number of rotatable bonds is 3. The van der Waals surface area contributed by atoms with Crippen molar-refractivity contribution < 1.29 is 36.0 Å². The molecule has 0 aliphatic heterocycles. The number of urea groups is 1. The molecule has 0 aliphatic rings. The van der Waals surface area contributed by atoms with E-state index < -0.39 is 31.5 Å². The van der Waals surface area contributed by atoms with Crippen LogP contribution in [0.2, 0.25) is 0 Å². The quantitative estimate of drug-likeness (QED) is 0.577. The highest BCUT2D eigenvalue weighted by Crippen LogP contribution is 2.13. The van der Waals surface area contributed by atoms with Crippen LogP contribution < -0.4 is 10.8 Å². The Hall–Kier alpha value is -1.19. The van der Waals surface area contributed by atoms with Gasteiger partial charge in [0.1, 0.15) is 6.54 Å². The monoisotopic (exact) mass is 240 g/mol. The first-order valence-corrected chi connectivity index (χ1v) is 3.39. The third kappa shape index (κ3) is 10.7. The third-order valence-electron chi connectivity index (χ3n) is 0.850. The maximum Gasteiger partial charge on any atom is 0.414 e. The molecular weight excluding hydrogens is 234 g/mol. The molecule has 2 N–H and O–H groups in total. The molecule has 4 nitrogen and oxygen atoms in total. The lowest BCUT2D eigenvalue weighted by Gasteiger charge is -2.10. The van der Waals surface area contributed by atoms with E-state index in [4.69, 9.17) is 0 Å². The minimum atomic E-state index is -4.67. The Morgan fingerprint density at radius 1 is 1.07 bits per heavy atom. The van der Waals surface area contributed by atoms with Crippen LogP contribution in [0.5, 0.6) is 0 Å². The first-order chi connectivity index (χ1) is 6.60. The van der Waals surface area contributed by atoms with Crippen LogP contribution in [0.1, 0.15) is 0 Å². The lowest BCUT2D eigenvalue weighted by atomic mass is 10.6. The van der Waals surface area contributed by atoms with Crippen LogP contribution in [0.15, 0.2) is 0 Å². The predicted octanol–water partition coefficient (Wildman–Crippen LogP) is 1.34. The number of carbonyl (C=O) groups is 1. The van der Waals surface area contributed by atoms with Crippen molar-refractivity contribution in [3.05, 3.63) is 0 Å². The zero-order chi connectivity index (χ0) is 12.1. The van der Waals surface area contributed by atoms with Crippen LogP contribution in [0, 0.1) is 0 Å². The largest absolute Gasteiger partial charge is 0.414 e. The van der Waals surface area contributed by atoms with E-state index in [9.17, 15) is 31.1 Å². The average molecular weight is 240 g/mol. The highest BCUT2D eigenvalue weighted by molar-refractivity contribution is 5.72. The van der Waals surface area contributed by atoms with Crippen molar-refractivity contribution in [3.8, 4) is 0 Å². The summed E-state index contributed by atoms with van der Waals surface area (Å²) in [6.07, 6.45) is -9.31. The zero-order valence-corrected chi connectivity index (χ0v) is 7.00. The lowest BCUT2D eigenvalue weighted by molar-refractivity contribution is -0.184. The summed E-state index contributed by atoms with van der Waals surface area (Å²) >= 11 is 0. The summed E-state index contributed by atoms with van der Waals surface area (Å²) in [6, 6.07) is -1.50. The SMILES string of the molecule is O=C(NCC(F)(F)F)NOCC(F)(F)F. The standard InChI is InChI=1S/C5H6F6N2O2/c6-4(7,8)1-12-3(14)13-15-2-5(9,10)11/h1-2H2,(H2,12,13,14). The van der Waals surface area contributed by atoms with E-state index in [1.165, 1.54) is 5.32 Å². The second-order valence-electron chi connectivity index (χ2n) is 2.30. The zero-order valence-electron chi connectivity index (χ0n) is 7.00. The van der Waals surface area contributed by atoms with Gasteiger partial charge in [0, 0.05) is 0 Å². The molecule has 10 heteroatoms. The van der Waals surface area contributed by atoms with E-state index >= 15 is 0 Å². The van der Waals surface area contributed by atoms with E-state index in [2.05, 4.69) is 4.84 Å². The smallest absolute Gasteiger partial charge is 0.327 e. The molecule has 0 aromatic heterocycles. The molecule has 0 atom stereocenters. The van der Waals surface area contributed by atoms with Gasteiger partial charge >= 0.3 is 18.4 Å². The summed E-state index contributed by atoms with van der Waals surface area (Å²) in [6.45, 7) is -3.44. The summed E-state index contributed by atoms with van der Waals surface area (Å²) in [5.41, 5.74) is 1.14. The number of amides is 2. The molecule has 0 fully saturated rings. The molecule has 0 saturated carbocycles. The fourth-order valence-electron chi connectivity index (χ4n) is 0.400. The Labute approximate surface area is 79.5 Å². The fraction of sp³-hybridized carbons (Fsp3) is 0.800. The van der Waals surface area contributed by atoms with Gasteiger partial charge in [0.05, 0.1) is 0 Å². The molecule has 0 bridgehead atoms. The second kappa shape index (κ2) is 5.05. The van der Waals surface area contributed by atoms with Crippen LogP contribution in [0.3, 0.4) is 0 Å². The number of nitrogens with one attached hydrogen (secondary N) is 2. The van der Waals surface area contributed by atoms with Crippen molar-refractivity contribution in [3.63, 3.8) is 0 Å². The molecule has 0 aromatic carbocycles. The van der Waals surface area contributed by atoms with Crippen molar-refractivity contribution in [1.29, 1.82) is 0 Å². The van der Waals surface area contributed by atoms with Crippen LogP contribution >= 0.6 is 0 Å². The molecule has 0 radical (unpaired) electrons. The first-order valence-electron chi connectivity index (χ1n) is 3.39. The summed E-state index contributed by atoms with van der Waals surface area (Å²) in [5, 5.41) is 1.24. The number of hydroxylamine groups is 1. The van der Waals surface area contributed by atoms with Crippen LogP contribution in [0.4, 0.5) is 31.1 Å². The molecule has 15 heavy (non-hydrogen) atoms. The molecular formula is C5H6F6N2O2. The summed E-state index contributed by atoms with van der Waals surface area (Å²) in [5.74, 6) is 0. The third-order valence-corrected chi connectivity index (χ3v) is 0.850. The number of hydrogen-bond donors (Lipinski definition) is 2. The van der Waals surface area contributed by atoms with Crippen molar-refractivity contribution in [2.45, 2.75) is 12.4 Å². The number of carbonyl (C=O) groups excluding carboxylic acids is 1. The van der Waals surface area contributed by atoms with Crippen molar-refractivity contribution in [2.24, 2.45) is 0 Å². The molecule has 0 aliphatic carbocycles. The Morgan fingerprint density at radius 2 is 1.60 bits per heavy atom. The summed E-state index contributed by atoms with van der Waals surface area (Å²) in [7, 11) is 0. The second-order valence-corrected chi connectivity index (χ2v) is 2.30. The Balaban J connectivity index is 3.60. The van der Waals surface area contributed by atoms with Crippen LogP contribution in [-0.2, 0) is 4.84 Å². The van der Waals surface area contributed by atoms with Gasteiger partial charge < -0.3 is 5.32 Å². The molecule has 2 amide bonds. The molecule has 0 rings (SSSR count). The molecule has 0 aromatic rings. The Bertz CT molecular complexity index is 213. The van der Waals surface area contributed by atoms with Gasteiger partial charge in [0.2, 0.25) is 0 Å². The van der Waals surface area contributed by atoms with Gasteiger partial charge in [0.15, 0.2) is 6.61 Å². The topological polar surface area (TPSA) is 50.4 Å². The van der Waals surface area contributed by atoms with Crippen molar-refractivity contribution >= 4 is 6.03 Å². The molecule has 0 spiro atoms. The van der Waals surface area contributed by atoms with E-state index in [1.54, 1.807) is 0 Å². The van der Waals surface area contributed by atoms with Gasteiger partial charge in [-0.25, -0.2) is 10.3 Å². The minimum Gasteiger partial charge on any atom is -0.327 e. The van der Waals surface area contributed by atoms with Crippen molar-refractivity contribution in [1.82, 2.24) is 10.8 Å². The van der Waals surface area contributed by atoms with Crippen LogP contribution in [-0.4, -0.2) is 31.5 Å². The normalized spacial score (nSPS) is 12.4. The number of alkyl halides is 6. The number of hydrogen-bond acceptors (Lipinski definition) is 2. The van der Waals surface area contributed by atoms with Gasteiger partial charge in [-0.1, -0.05) is 0 Å². The maximum atomic E-state index is 11.5. The highest BCUT2D eigenvalue weighted by atomic mass is 19.4. The van der Waals surface area contributed by atoms with E-state index in [0.29, 0.717) is 0 Å². The average Bonchev–Trinajstić information content (AvgIpc) is 1.97. The van der Waals surface area contributed by atoms with Gasteiger partial charge in [-0.05, 0) is 0 Å². The maximum absolute atomic E-state index is 11.5. The van der Waals surface area contributed by atoms with E-state index in [0.717, 1.165) is 5.48 Å². The fourth-order valence-corrected chi connectivity index (χ4v) is 0.400. The van der Waals surface area contributed by atoms with Gasteiger partial charge in [-0.15, -0.1) is 0 Å². The van der Waals surface area contributed by atoms with Crippen molar-refractivity contribution in [2.75, 3.05) is 13.2 Å². The number of halogens is 6. The van der Waals surface area contributed by atoms with Gasteiger partial charge in [-0.2, -0.15) is 26.3 Å². The van der Waals surface area contributed by atoms with Gasteiger partial charge in [0.25, 0.3) is 0 Å². The summed E-state index contributed by atoms with van der Waals surface area (Å²) in [4.78, 5) is 13.9. The van der Waals surface area contributed by atoms with E-state index in [-0.39, 0.29) is 0 Å². The van der Waals surface area contributed by atoms with Crippen LogP contribution in [0.25, 0.3) is 0 Å². The minimum absolute atomic E-state index is 1.14. The Morgan fingerprint density at radius 3 is 2.00 bits per heavy atom. The first kappa shape index (κ1) is 13.8. The molecule has 90 valence electrons. The Kier molecular flexibility index (Phi) is 4.65. The summed E-state index contributed by atoms with van der Waals surface area (Å²) < 4.78 is 68.6. The highest BCUT2D eigenvalue weighted by Gasteiger charge is 2.29. The van der Waals surface area contributed by atoms with E-state index in [1.807, 2.05) is 0 Å². The molecule has 0 saturated heterocycles. The lowest BCUT2D eigenvalue weighted by Crippen LogP contribution is -2.41.